The van der Waals surface area contributed by atoms with Crippen LogP contribution in [0.3, 0.4) is 0 Å². The number of rotatable bonds is 4. The molecule has 3 rings (SSSR count). The average Bonchev–Trinajstić information content (AvgIpc) is 3.24. The SMILES string of the molecule is CC1CCN(c2ccc(CNC3CC3)cc2Cl)CC1O. The fraction of sp³-hybridized carbons (Fsp3) is 0.625. The van der Waals surface area contributed by atoms with E-state index < -0.39 is 0 Å². The summed E-state index contributed by atoms with van der Waals surface area (Å²) >= 11 is 6.43. The molecule has 0 aromatic heterocycles. The molecule has 0 radical (unpaired) electrons. The molecule has 20 heavy (non-hydrogen) atoms. The Morgan fingerprint density at radius 3 is 2.80 bits per heavy atom. The van der Waals surface area contributed by atoms with Crippen LogP contribution < -0.4 is 10.2 Å². The second kappa shape index (κ2) is 5.92. The van der Waals surface area contributed by atoms with E-state index in [1.165, 1.54) is 18.4 Å². The third kappa shape index (κ3) is 3.27. The maximum atomic E-state index is 10.0. The molecule has 1 saturated heterocycles. The molecule has 1 aromatic rings. The van der Waals surface area contributed by atoms with Crippen LogP contribution in [0.2, 0.25) is 5.02 Å². The lowest BCUT2D eigenvalue weighted by Crippen LogP contribution is -2.43. The van der Waals surface area contributed by atoms with Crippen molar-refractivity contribution in [2.45, 2.75) is 44.9 Å². The molecule has 2 fully saturated rings. The lowest BCUT2D eigenvalue weighted by molar-refractivity contribution is 0.103. The van der Waals surface area contributed by atoms with Gasteiger partial charge in [-0.3, -0.25) is 0 Å². The van der Waals surface area contributed by atoms with Gasteiger partial charge in [-0.15, -0.1) is 0 Å². The highest BCUT2D eigenvalue weighted by molar-refractivity contribution is 6.33. The summed E-state index contributed by atoms with van der Waals surface area (Å²) in [5, 5.41) is 14.3. The lowest BCUT2D eigenvalue weighted by atomic mass is 9.95. The Kier molecular flexibility index (Phi) is 4.20. The van der Waals surface area contributed by atoms with E-state index in [2.05, 4.69) is 35.3 Å². The van der Waals surface area contributed by atoms with Gasteiger partial charge in [0.2, 0.25) is 0 Å². The van der Waals surface area contributed by atoms with Gasteiger partial charge in [-0.05, 0) is 42.9 Å². The standard InChI is InChI=1S/C16H23ClN2O/c1-11-6-7-19(10-16(11)20)15-5-2-12(8-14(15)17)9-18-13-3-4-13/h2,5,8,11,13,16,18,20H,3-4,6-7,9-10H2,1H3. The molecule has 0 amide bonds. The second-order valence-electron chi connectivity index (χ2n) is 6.22. The Morgan fingerprint density at radius 1 is 1.35 bits per heavy atom. The van der Waals surface area contributed by atoms with E-state index in [1.54, 1.807) is 0 Å². The van der Waals surface area contributed by atoms with E-state index in [0.29, 0.717) is 18.5 Å². The minimum atomic E-state index is -0.254. The van der Waals surface area contributed by atoms with Crippen molar-refractivity contribution in [2.24, 2.45) is 5.92 Å². The van der Waals surface area contributed by atoms with Crippen molar-refractivity contribution in [1.82, 2.24) is 5.32 Å². The summed E-state index contributed by atoms with van der Waals surface area (Å²) in [4.78, 5) is 2.20. The topological polar surface area (TPSA) is 35.5 Å². The number of halogens is 1. The predicted octanol–water partition coefficient (Wildman–Crippen LogP) is 2.80. The van der Waals surface area contributed by atoms with Crippen LogP contribution in [0.4, 0.5) is 5.69 Å². The van der Waals surface area contributed by atoms with Gasteiger partial charge in [0.1, 0.15) is 0 Å². The van der Waals surface area contributed by atoms with Crippen LogP contribution in [0.5, 0.6) is 0 Å². The summed E-state index contributed by atoms with van der Waals surface area (Å²) in [7, 11) is 0. The monoisotopic (exact) mass is 294 g/mol. The number of hydrogen-bond donors (Lipinski definition) is 2. The van der Waals surface area contributed by atoms with E-state index in [0.717, 1.165) is 30.2 Å². The highest BCUT2D eigenvalue weighted by Gasteiger charge is 2.25. The molecule has 0 spiro atoms. The van der Waals surface area contributed by atoms with Gasteiger partial charge in [0.15, 0.2) is 0 Å². The van der Waals surface area contributed by atoms with Crippen LogP contribution in [-0.4, -0.2) is 30.3 Å². The molecule has 4 heteroatoms. The molecule has 1 saturated carbocycles. The zero-order valence-corrected chi connectivity index (χ0v) is 12.7. The van der Waals surface area contributed by atoms with Crippen LogP contribution in [-0.2, 0) is 6.54 Å². The Hall–Kier alpha value is -0.770. The van der Waals surface area contributed by atoms with Crippen molar-refractivity contribution in [3.05, 3.63) is 28.8 Å². The second-order valence-corrected chi connectivity index (χ2v) is 6.63. The number of nitrogens with one attached hydrogen (secondary N) is 1. The smallest absolute Gasteiger partial charge is 0.0741 e. The summed E-state index contributed by atoms with van der Waals surface area (Å²) in [6, 6.07) is 7.00. The molecule has 2 aliphatic rings. The Labute approximate surface area is 125 Å². The fourth-order valence-electron chi connectivity index (χ4n) is 2.73. The minimum absolute atomic E-state index is 0.254. The number of anilines is 1. The number of hydrogen-bond acceptors (Lipinski definition) is 3. The van der Waals surface area contributed by atoms with Crippen LogP contribution in [0.25, 0.3) is 0 Å². The number of β-amino-alcohol motifs (C(OH)–C–C–N with tert-alkyl or cyclic N) is 1. The normalized spacial score (nSPS) is 26.9. The lowest BCUT2D eigenvalue weighted by Gasteiger charge is -2.36. The van der Waals surface area contributed by atoms with Crippen LogP contribution in [0.15, 0.2) is 18.2 Å². The molecule has 0 bridgehead atoms. The molecule has 1 aromatic carbocycles. The zero-order valence-electron chi connectivity index (χ0n) is 12.0. The number of piperidine rings is 1. The van der Waals surface area contributed by atoms with Crippen molar-refractivity contribution in [1.29, 1.82) is 0 Å². The van der Waals surface area contributed by atoms with E-state index in [4.69, 9.17) is 11.6 Å². The first-order valence-electron chi connectivity index (χ1n) is 7.58. The van der Waals surface area contributed by atoms with Gasteiger partial charge in [-0.2, -0.15) is 0 Å². The largest absolute Gasteiger partial charge is 0.391 e. The van der Waals surface area contributed by atoms with Crippen molar-refractivity contribution in [3.8, 4) is 0 Å². The van der Waals surface area contributed by atoms with E-state index >= 15 is 0 Å². The predicted molar refractivity (Wildman–Crippen MR) is 83.3 cm³/mol. The summed E-state index contributed by atoms with van der Waals surface area (Å²) in [6.07, 6.45) is 3.37. The third-order valence-electron chi connectivity index (χ3n) is 4.44. The van der Waals surface area contributed by atoms with Gasteiger partial charge >= 0.3 is 0 Å². The molecule has 1 heterocycles. The molecular formula is C16H23ClN2O. The number of nitrogens with zero attached hydrogens (tertiary/aromatic N) is 1. The van der Waals surface area contributed by atoms with Crippen molar-refractivity contribution in [2.75, 3.05) is 18.0 Å². The first-order valence-corrected chi connectivity index (χ1v) is 7.96. The van der Waals surface area contributed by atoms with Crippen molar-refractivity contribution < 1.29 is 5.11 Å². The average molecular weight is 295 g/mol. The number of aliphatic hydroxyl groups is 1. The fourth-order valence-corrected chi connectivity index (χ4v) is 3.06. The van der Waals surface area contributed by atoms with Gasteiger partial charge in [0, 0.05) is 25.7 Å². The highest BCUT2D eigenvalue weighted by atomic mass is 35.5. The van der Waals surface area contributed by atoms with Gasteiger partial charge in [0.05, 0.1) is 16.8 Å². The molecular weight excluding hydrogens is 272 g/mol. The molecule has 2 unspecified atom stereocenters. The molecule has 2 atom stereocenters. The summed E-state index contributed by atoms with van der Waals surface area (Å²) in [5.74, 6) is 0.382. The molecule has 3 nitrogen and oxygen atoms in total. The Balaban J connectivity index is 1.66. The molecule has 110 valence electrons. The third-order valence-corrected chi connectivity index (χ3v) is 4.75. The maximum absolute atomic E-state index is 10.0. The first kappa shape index (κ1) is 14.2. The maximum Gasteiger partial charge on any atom is 0.0741 e. The first-order chi connectivity index (χ1) is 9.63. The highest BCUT2D eigenvalue weighted by Crippen LogP contribution is 2.31. The Morgan fingerprint density at radius 2 is 2.15 bits per heavy atom. The van der Waals surface area contributed by atoms with E-state index in [-0.39, 0.29) is 6.10 Å². The minimum Gasteiger partial charge on any atom is -0.391 e. The molecule has 1 aliphatic heterocycles. The van der Waals surface area contributed by atoms with Crippen LogP contribution in [0.1, 0.15) is 31.7 Å². The summed E-state index contributed by atoms with van der Waals surface area (Å²) in [5.41, 5.74) is 2.28. The van der Waals surface area contributed by atoms with Crippen LogP contribution >= 0.6 is 11.6 Å². The number of benzene rings is 1. The molecule has 2 N–H and O–H groups in total. The van der Waals surface area contributed by atoms with Crippen molar-refractivity contribution in [3.63, 3.8) is 0 Å². The van der Waals surface area contributed by atoms with Gasteiger partial charge < -0.3 is 15.3 Å². The van der Waals surface area contributed by atoms with Gasteiger partial charge in [0.25, 0.3) is 0 Å². The van der Waals surface area contributed by atoms with Crippen molar-refractivity contribution >= 4 is 17.3 Å². The van der Waals surface area contributed by atoms with Gasteiger partial charge in [-0.25, -0.2) is 0 Å². The summed E-state index contributed by atoms with van der Waals surface area (Å²) in [6.45, 7) is 4.65. The zero-order chi connectivity index (χ0) is 14.1. The number of aliphatic hydroxyl groups excluding tert-OH is 1. The Bertz CT molecular complexity index is 476. The van der Waals surface area contributed by atoms with Gasteiger partial charge in [-0.1, -0.05) is 24.6 Å². The van der Waals surface area contributed by atoms with E-state index in [9.17, 15) is 5.11 Å². The quantitative estimate of drug-likeness (QED) is 0.896. The molecule has 1 aliphatic carbocycles. The van der Waals surface area contributed by atoms with E-state index in [1.807, 2.05) is 0 Å². The van der Waals surface area contributed by atoms with Crippen LogP contribution in [0, 0.1) is 5.92 Å². The summed E-state index contributed by atoms with van der Waals surface area (Å²) < 4.78 is 0.